The fourth-order valence-corrected chi connectivity index (χ4v) is 3.20. The molecule has 6 heteroatoms. The first-order valence-corrected chi connectivity index (χ1v) is 6.72. The maximum atomic E-state index is 8.83. The van der Waals surface area contributed by atoms with Crippen molar-refractivity contribution in [3.63, 3.8) is 0 Å². The molecule has 0 fully saturated rings. The van der Waals surface area contributed by atoms with E-state index in [4.69, 9.17) is 15.4 Å². The number of hydrogen-bond donors (Lipinski definition) is 2. The van der Waals surface area contributed by atoms with Crippen LogP contribution in [0.3, 0.4) is 0 Å². The van der Waals surface area contributed by atoms with E-state index in [-0.39, 0.29) is 5.84 Å². The fourth-order valence-electron chi connectivity index (χ4n) is 1.49. The Morgan fingerprint density at radius 1 is 1.39 bits per heavy atom. The van der Waals surface area contributed by atoms with Crippen LogP contribution in [0.25, 0.3) is 0 Å². The van der Waals surface area contributed by atoms with E-state index < -0.39 is 0 Å². The predicted octanol–water partition coefficient (Wildman–Crippen LogP) is 3.60. The summed E-state index contributed by atoms with van der Waals surface area (Å²) in [6, 6.07) is 7.54. The van der Waals surface area contributed by atoms with Crippen molar-refractivity contribution >= 4 is 33.5 Å². The van der Waals surface area contributed by atoms with Crippen molar-refractivity contribution in [2.24, 2.45) is 10.9 Å². The monoisotopic (exact) mass is 326 g/mol. The number of nitrogens with two attached hydrogens (primary N) is 1. The number of hydrogen-bond acceptors (Lipinski definition) is 4. The normalized spacial score (nSPS) is 11.8. The van der Waals surface area contributed by atoms with E-state index in [9.17, 15) is 0 Å². The van der Waals surface area contributed by atoms with Crippen LogP contribution < -0.4 is 5.73 Å². The number of nitrogens with zero attached hydrogens (tertiary/aromatic N) is 1. The number of amidine groups is 1. The van der Waals surface area contributed by atoms with Crippen LogP contribution in [0.4, 0.5) is 0 Å². The van der Waals surface area contributed by atoms with Crippen LogP contribution in [0, 0.1) is 6.92 Å². The second-order valence-corrected chi connectivity index (χ2v) is 5.48. The molecule has 0 spiro atoms. The first-order chi connectivity index (χ1) is 8.63. The Balaban J connectivity index is 2.45. The van der Waals surface area contributed by atoms with E-state index in [2.05, 4.69) is 21.1 Å². The first-order valence-electron chi connectivity index (χ1n) is 5.12. The quantitative estimate of drug-likeness (QED) is 0.391. The van der Waals surface area contributed by atoms with Gasteiger partial charge < -0.3 is 15.4 Å². The number of rotatable bonds is 3. The third-order valence-electron chi connectivity index (χ3n) is 2.37. The molecule has 0 unspecified atom stereocenters. The molecular weight excluding hydrogens is 316 g/mol. The molecule has 1 heterocycles. The molecule has 18 heavy (non-hydrogen) atoms. The van der Waals surface area contributed by atoms with Gasteiger partial charge in [-0.05, 0) is 41.1 Å². The molecule has 0 aliphatic rings. The Morgan fingerprint density at radius 3 is 2.78 bits per heavy atom. The summed E-state index contributed by atoms with van der Waals surface area (Å²) < 4.78 is 6.03. The van der Waals surface area contributed by atoms with Crippen LogP contribution in [-0.2, 0) is 0 Å². The van der Waals surface area contributed by atoms with Crippen molar-refractivity contribution in [3.8, 4) is 0 Å². The predicted molar refractivity (Wildman–Crippen MR) is 74.2 cm³/mol. The fraction of sp³-hybridized carbons (Fsp3) is 0.0833. The molecule has 0 bridgehead atoms. The molecule has 94 valence electrons. The van der Waals surface area contributed by atoms with E-state index in [0.717, 1.165) is 20.0 Å². The highest BCUT2D eigenvalue weighted by atomic mass is 79.9. The number of aryl methyl sites for hydroxylation is 1. The minimum Gasteiger partial charge on any atom is -0.468 e. The molecule has 0 amide bonds. The average Bonchev–Trinajstić information content (AvgIpc) is 2.74. The molecular formula is C12H11BrN2O2S. The third-order valence-corrected chi connectivity index (χ3v) is 4.23. The number of oxime groups is 1. The zero-order valence-electron chi connectivity index (χ0n) is 9.55. The van der Waals surface area contributed by atoms with Gasteiger partial charge in [0.1, 0.15) is 5.76 Å². The second-order valence-electron chi connectivity index (χ2n) is 3.54. The molecule has 0 aliphatic heterocycles. The topological polar surface area (TPSA) is 71.8 Å². The van der Waals surface area contributed by atoms with Gasteiger partial charge in [0.2, 0.25) is 0 Å². The molecule has 2 rings (SSSR count). The number of halogens is 1. The molecule has 0 saturated carbocycles. The largest absolute Gasteiger partial charge is 0.468 e. The highest BCUT2D eigenvalue weighted by Crippen LogP contribution is 2.35. The summed E-state index contributed by atoms with van der Waals surface area (Å²) in [4.78, 5) is 1.89. The average molecular weight is 327 g/mol. The van der Waals surface area contributed by atoms with E-state index in [1.165, 1.54) is 11.8 Å². The zero-order valence-corrected chi connectivity index (χ0v) is 12.0. The van der Waals surface area contributed by atoms with Crippen molar-refractivity contribution in [3.05, 3.63) is 46.3 Å². The van der Waals surface area contributed by atoms with E-state index >= 15 is 0 Å². The van der Waals surface area contributed by atoms with Crippen LogP contribution in [0.5, 0.6) is 0 Å². The summed E-state index contributed by atoms with van der Waals surface area (Å²) in [5, 5.41) is 11.9. The number of furan rings is 1. The van der Waals surface area contributed by atoms with Crippen molar-refractivity contribution in [1.82, 2.24) is 0 Å². The van der Waals surface area contributed by atoms with Crippen LogP contribution in [0.15, 0.2) is 54.4 Å². The lowest BCUT2D eigenvalue weighted by atomic mass is 10.2. The first kappa shape index (κ1) is 13.0. The molecule has 0 saturated heterocycles. The molecule has 0 aliphatic carbocycles. The maximum Gasteiger partial charge on any atom is 0.172 e. The van der Waals surface area contributed by atoms with Gasteiger partial charge in [0.15, 0.2) is 5.84 Å². The van der Waals surface area contributed by atoms with E-state index in [0.29, 0.717) is 5.56 Å². The Morgan fingerprint density at radius 2 is 2.17 bits per heavy atom. The summed E-state index contributed by atoms with van der Waals surface area (Å²) >= 11 is 4.91. The second kappa shape index (κ2) is 5.49. The maximum absolute atomic E-state index is 8.83. The van der Waals surface area contributed by atoms with Crippen molar-refractivity contribution in [2.75, 3.05) is 0 Å². The molecule has 1 aromatic carbocycles. The van der Waals surface area contributed by atoms with Gasteiger partial charge in [-0.25, -0.2) is 0 Å². The summed E-state index contributed by atoms with van der Waals surface area (Å²) in [7, 11) is 0. The van der Waals surface area contributed by atoms with Gasteiger partial charge in [0.25, 0.3) is 0 Å². The van der Waals surface area contributed by atoms with Gasteiger partial charge in [-0.1, -0.05) is 23.0 Å². The van der Waals surface area contributed by atoms with Crippen LogP contribution in [0.1, 0.15) is 11.3 Å². The Kier molecular flexibility index (Phi) is 3.98. The van der Waals surface area contributed by atoms with Gasteiger partial charge in [-0.2, -0.15) is 0 Å². The summed E-state index contributed by atoms with van der Waals surface area (Å²) in [5.41, 5.74) is 6.37. The van der Waals surface area contributed by atoms with E-state index in [1.807, 2.05) is 31.2 Å². The summed E-state index contributed by atoms with van der Waals surface area (Å²) in [6.07, 6.45) is 1.64. The lowest BCUT2D eigenvalue weighted by molar-refractivity contribution is 0.318. The van der Waals surface area contributed by atoms with Crippen molar-refractivity contribution in [2.45, 2.75) is 16.7 Å². The standard InChI is InChI=1S/C12H11BrN2O2S/c1-7-9(5-6-17-7)18-10-4-2-3-8(13)11(10)12(14)15-16/h2-6,16H,1H3,(H2,14,15). The van der Waals surface area contributed by atoms with Crippen LogP contribution >= 0.6 is 27.7 Å². The van der Waals surface area contributed by atoms with Gasteiger partial charge in [0, 0.05) is 14.9 Å². The Hall–Kier alpha value is -1.40. The molecule has 0 atom stereocenters. The lowest BCUT2D eigenvalue weighted by Gasteiger charge is -2.09. The lowest BCUT2D eigenvalue weighted by Crippen LogP contribution is -2.15. The van der Waals surface area contributed by atoms with Crippen molar-refractivity contribution in [1.29, 1.82) is 0 Å². The van der Waals surface area contributed by atoms with Gasteiger partial charge in [-0.15, -0.1) is 0 Å². The smallest absolute Gasteiger partial charge is 0.172 e. The highest BCUT2D eigenvalue weighted by Gasteiger charge is 2.14. The molecule has 3 N–H and O–H groups in total. The summed E-state index contributed by atoms with van der Waals surface area (Å²) in [6.45, 7) is 1.89. The SMILES string of the molecule is Cc1occc1Sc1cccc(Br)c1/C(N)=N/O. The number of benzene rings is 1. The molecule has 4 nitrogen and oxygen atoms in total. The van der Waals surface area contributed by atoms with Gasteiger partial charge in [0.05, 0.1) is 11.2 Å². The summed E-state index contributed by atoms with van der Waals surface area (Å²) in [5.74, 6) is 0.913. The Labute approximate surface area is 117 Å². The van der Waals surface area contributed by atoms with E-state index in [1.54, 1.807) is 6.26 Å². The third kappa shape index (κ3) is 2.54. The molecule has 0 radical (unpaired) electrons. The zero-order chi connectivity index (χ0) is 13.1. The van der Waals surface area contributed by atoms with Crippen LogP contribution in [0.2, 0.25) is 0 Å². The van der Waals surface area contributed by atoms with Crippen molar-refractivity contribution < 1.29 is 9.62 Å². The van der Waals surface area contributed by atoms with Gasteiger partial charge in [-0.3, -0.25) is 0 Å². The minimum absolute atomic E-state index is 0.0751. The molecule has 2 aromatic rings. The van der Waals surface area contributed by atoms with Crippen LogP contribution in [-0.4, -0.2) is 11.0 Å². The Bertz CT molecular complexity index is 596. The van der Waals surface area contributed by atoms with Gasteiger partial charge >= 0.3 is 0 Å². The molecule has 1 aromatic heterocycles. The minimum atomic E-state index is 0.0751. The highest BCUT2D eigenvalue weighted by molar-refractivity contribution is 9.10.